The Morgan fingerprint density at radius 1 is 1.29 bits per heavy atom. The minimum absolute atomic E-state index is 0.0236. The molecule has 21 heavy (non-hydrogen) atoms. The third-order valence-electron chi connectivity index (χ3n) is 2.66. The second-order valence-electron chi connectivity index (χ2n) is 4.56. The maximum Gasteiger partial charge on any atom is 0.269 e. The highest BCUT2D eigenvalue weighted by molar-refractivity contribution is 8.13. The maximum atomic E-state index is 12.2. The summed E-state index contributed by atoms with van der Waals surface area (Å²) < 4.78 is 26.1. The van der Waals surface area contributed by atoms with Crippen LogP contribution >= 0.6 is 22.2 Å². The zero-order valence-corrected chi connectivity index (χ0v) is 13.6. The first-order chi connectivity index (χ1) is 9.79. The summed E-state index contributed by atoms with van der Waals surface area (Å²) in [4.78, 5) is 12.6. The Morgan fingerprint density at radius 2 is 1.90 bits per heavy atom. The first-order valence-electron chi connectivity index (χ1n) is 5.97. The molecule has 2 rings (SSSR count). The molecule has 0 saturated heterocycles. The van der Waals surface area contributed by atoms with Crippen molar-refractivity contribution in [3.63, 3.8) is 0 Å². The van der Waals surface area contributed by atoms with Crippen LogP contribution in [-0.2, 0) is 9.05 Å². The molecule has 0 unspecified atom stereocenters. The summed E-state index contributed by atoms with van der Waals surface area (Å²) in [6.45, 7) is 3.85. The summed E-state index contributed by atoms with van der Waals surface area (Å²) in [5.74, 6) is -0.233. The maximum absolute atomic E-state index is 12.2. The first kappa shape index (κ1) is 15.9. The van der Waals surface area contributed by atoms with Crippen molar-refractivity contribution >= 4 is 42.9 Å². The van der Waals surface area contributed by atoms with Gasteiger partial charge < -0.3 is 5.32 Å². The highest BCUT2D eigenvalue weighted by atomic mass is 35.7. The van der Waals surface area contributed by atoms with Crippen LogP contribution in [-0.4, -0.2) is 23.9 Å². The highest BCUT2D eigenvalue weighted by Crippen LogP contribution is 2.22. The average Bonchev–Trinajstić information content (AvgIpc) is 2.87. The number of nitrogens with zero attached hydrogens (tertiary/aromatic N) is 2. The molecule has 0 fully saturated rings. The van der Waals surface area contributed by atoms with Gasteiger partial charge in [-0.1, -0.05) is 18.3 Å². The predicted octanol–water partition coefficient (Wildman–Crippen LogP) is 2.84. The molecule has 0 saturated carbocycles. The fraction of sp³-hybridized carbons (Fsp3) is 0.250. The summed E-state index contributed by atoms with van der Waals surface area (Å²) in [7, 11) is 1.46. The van der Waals surface area contributed by atoms with Crippen LogP contribution in [0.4, 0.5) is 5.69 Å². The van der Waals surface area contributed by atoms with Crippen molar-refractivity contribution < 1.29 is 13.2 Å². The monoisotopic (exact) mass is 345 g/mol. The van der Waals surface area contributed by atoms with Gasteiger partial charge in [-0.25, -0.2) is 8.42 Å². The van der Waals surface area contributed by atoms with Crippen LogP contribution in [0.1, 0.15) is 35.1 Å². The number of anilines is 1. The van der Waals surface area contributed by atoms with Gasteiger partial charge in [0, 0.05) is 16.4 Å². The molecule has 1 amide bonds. The number of halogens is 1. The zero-order valence-electron chi connectivity index (χ0n) is 11.2. The number of amides is 1. The highest BCUT2D eigenvalue weighted by Gasteiger charge is 2.19. The number of nitrogens with one attached hydrogen (secondary N) is 1. The number of carbonyl (C=O) groups is 1. The smallest absolute Gasteiger partial charge is 0.269 e. The largest absolute Gasteiger partial charge is 0.321 e. The fourth-order valence-corrected chi connectivity index (χ4v) is 3.11. The van der Waals surface area contributed by atoms with Gasteiger partial charge >= 0.3 is 0 Å². The lowest BCUT2D eigenvalue weighted by molar-refractivity contribution is 0.102. The Balaban J connectivity index is 2.18. The van der Waals surface area contributed by atoms with E-state index in [-0.39, 0.29) is 16.7 Å². The van der Waals surface area contributed by atoms with Crippen LogP contribution in [0.15, 0.2) is 29.2 Å². The molecule has 6 nitrogen and oxygen atoms in total. The third kappa shape index (κ3) is 3.78. The topological polar surface area (TPSA) is 89.0 Å². The summed E-state index contributed by atoms with van der Waals surface area (Å²) in [5, 5.41) is 6.61. The molecule has 0 radical (unpaired) electrons. The summed E-state index contributed by atoms with van der Waals surface area (Å²) in [5.41, 5.74) is 1.10. The third-order valence-corrected chi connectivity index (χ3v) is 4.77. The van der Waals surface area contributed by atoms with E-state index in [1.54, 1.807) is 0 Å². The van der Waals surface area contributed by atoms with E-state index < -0.39 is 9.05 Å². The molecular weight excluding hydrogens is 334 g/mol. The lowest BCUT2D eigenvalue weighted by Gasteiger charge is -2.06. The van der Waals surface area contributed by atoms with E-state index in [0.29, 0.717) is 16.3 Å². The van der Waals surface area contributed by atoms with E-state index >= 15 is 0 Å². The number of aromatic nitrogens is 2. The average molecular weight is 346 g/mol. The molecule has 0 bridgehead atoms. The zero-order chi connectivity index (χ0) is 15.6. The molecule has 0 atom stereocenters. The van der Waals surface area contributed by atoms with Gasteiger partial charge in [-0.15, -0.1) is 5.10 Å². The summed E-state index contributed by atoms with van der Waals surface area (Å²) >= 11 is 1.02. The van der Waals surface area contributed by atoms with Crippen LogP contribution in [0, 0.1) is 0 Å². The van der Waals surface area contributed by atoms with Gasteiger partial charge in [0.2, 0.25) is 0 Å². The Kier molecular flexibility index (Phi) is 4.60. The van der Waals surface area contributed by atoms with E-state index in [1.807, 2.05) is 13.8 Å². The Hall–Kier alpha value is -1.51. The predicted molar refractivity (Wildman–Crippen MR) is 81.4 cm³/mol. The van der Waals surface area contributed by atoms with Gasteiger partial charge in [-0.3, -0.25) is 4.79 Å². The molecular formula is C12H12ClN3O3S2. The van der Waals surface area contributed by atoms with Gasteiger partial charge in [0.25, 0.3) is 15.0 Å². The summed E-state index contributed by atoms with van der Waals surface area (Å²) in [6.07, 6.45) is 0. The lowest BCUT2D eigenvalue weighted by atomic mass is 10.1. The minimum Gasteiger partial charge on any atom is -0.321 e. The van der Waals surface area contributed by atoms with Crippen LogP contribution in [0.2, 0.25) is 0 Å². The standard InChI is InChI=1S/C12H12ClN3O3S2/c1-7(2)10-11(20-16-15-10)12(17)14-8-3-5-9(6-4-8)21(13,18)19/h3-7H,1-2H3,(H,14,17). The van der Waals surface area contributed by atoms with Gasteiger partial charge in [0.05, 0.1) is 10.6 Å². The van der Waals surface area contributed by atoms with E-state index in [9.17, 15) is 13.2 Å². The van der Waals surface area contributed by atoms with Crippen molar-refractivity contribution in [3.05, 3.63) is 34.8 Å². The minimum atomic E-state index is -3.77. The Bertz CT molecular complexity index is 754. The van der Waals surface area contributed by atoms with Crippen molar-refractivity contribution in [2.75, 3.05) is 5.32 Å². The molecule has 1 aromatic carbocycles. The molecule has 1 heterocycles. The molecule has 0 aliphatic carbocycles. The van der Waals surface area contributed by atoms with Crippen molar-refractivity contribution in [1.82, 2.24) is 9.59 Å². The molecule has 2 aromatic rings. The van der Waals surface area contributed by atoms with E-state index in [4.69, 9.17) is 10.7 Å². The fourth-order valence-electron chi connectivity index (χ4n) is 1.62. The van der Waals surface area contributed by atoms with Gasteiger partial charge in [0.15, 0.2) is 0 Å². The number of carbonyl (C=O) groups excluding carboxylic acids is 1. The van der Waals surface area contributed by atoms with Crippen molar-refractivity contribution in [2.45, 2.75) is 24.7 Å². The number of rotatable bonds is 4. The van der Waals surface area contributed by atoms with Crippen molar-refractivity contribution in [2.24, 2.45) is 0 Å². The van der Waals surface area contributed by atoms with Crippen LogP contribution < -0.4 is 5.32 Å². The van der Waals surface area contributed by atoms with Gasteiger partial charge in [0.1, 0.15) is 4.88 Å². The Morgan fingerprint density at radius 3 is 2.43 bits per heavy atom. The van der Waals surface area contributed by atoms with Crippen LogP contribution in [0.25, 0.3) is 0 Å². The van der Waals surface area contributed by atoms with E-state index in [1.165, 1.54) is 24.3 Å². The van der Waals surface area contributed by atoms with Crippen LogP contribution in [0.5, 0.6) is 0 Å². The number of hydrogen-bond donors (Lipinski definition) is 1. The molecule has 112 valence electrons. The van der Waals surface area contributed by atoms with Gasteiger partial charge in [-0.05, 0) is 41.7 Å². The van der Waals surface area contributed by atoms with E-state index in [2.05, 4.69) is 14.9 Å². The molecule has 1 aromatic heterocycles. The number of benzene rings is 1. The normalized spacial score (nSPS) is 11.6. The second kappa shape index (κ2) is 6.08. The molecule has 9 heteroatoms. The quantitative estimate of drug-likeness (QED) is 0.860. The summed E-state index contributed by atoms with van der Waals surface area (Å²) in [6, 6.07) is 5.59. The van der Waals surface area contributed by atoms with Crippen molar-refractivity contribution in [3.8, 4) is 0 Å². The molecule has 1 N–H and O–H groups in total. The van der Waals surface area contributed by atoms with Crippen LogP contribution in [0.3, 0.4) is 0 Å². The molecule has 0 aliphatic rings. The SMILES string of the molecule is CC(C)c1nnsc1C(=O)Nc1ccc(S(=O)(=O)Cl)cc1. The van der Waals surface area contributed by atoms with Gasteiger partial charge in [-0.2, -0.15) is 0 Å². The molecule has 0 spiro atoms. The Labute approximate surface area is 130 Å². The number of hydrogen-bond acceptors (Lipinski definition) is 6. The van der Waals surface area contributed by atoms with Crippen molar-refractivity contribution in [1.29, 1.82) is 0 Å². The van der Waals surface area contributed by atoms with E-state index in [0.717, 1.165) is 11.5 Å². The second-order valence-corrected chi connectivity index (χ2v) is 7.88. The lowest BCUT2D eigenvalue weighted by Crippen LogP contribution is -2.13. The first-order valence-corrected chi connectivity index (χ1v) is 9.05. The molecule has 0 aliphatic heterocycles.